The smallest absolute Gasteiger partial charge is 0.232 e. The van der Waals surface area contributed by atoms with Gasteiger partial charge in [-0.25, -0.2) is 0 Å². The third kappa shape index (κ3) is 2.90. The maximum atomic E-state index is 12.4. The minimum absolute atomic E-state index is 0.209. The molecule has 0 unspecified atom stereocenters. The van der Waals surface area contributed by atoms with Crippen LogP contribution in [0, 0.1) is 5.41 Å². The number of nitrogens with one attached hydrogen (secondary N) is 1. The molecule has 0 radical (unpaired) electrons. The van der Waals surface area contributed by atoms with Crippen LogP contribution in [0.4, 0.5) is 0 Å². The molecule has 1 aromatic heterocycles. The number of nitrogens with zero attached hydrogens (tertiary/aromatic N) is 2. The zero-order chi connectivity index (χ0) is 16.3. The SMILES string of the molecule is CC(C)(C)c1nc(C(C)(C)NC(=O)[C@]2(C)CC2(Cl)Cl)no1. The molecule has 0 spiro atoms. The Kier molecular flexibility index (Phi) is 3.62. The lowest BCUT2D eigenvalue weighted by Gasteiger charge is -2.25. The highest BCUT2D eigenvalue weighted by atomic mass is 35.5. The van der Waals surface area contributed by atoms with E-state index in [0.717, 1.165) is 0 Å². The fraction of sp³-hybridized carbons (Fsp3) is 0.786. The molecule has 0 aliphatic heterocycles. The molecule has 21 heavy (non-hydrogen) atoms. The van der Waals surface area contributed by atoms with Crippen molar-refractivity contribution >= 4 is 29.1 Å². The average molecular weight is 334 g/mol. The third-order valence-corrected chi connectivity index (χ3v) is 4.91. The van der Waals surface area contributed by atoms with Crippen LogP contribution in [-0.2, 0) is 15.7 Å². The van der Waals surface area contributed by atoms with E-state index in [9.17, 15) is 4.79 Å². The highest BCUT2D eigenvalue weighted by molar-refractivity contribution is 6.53. The van der Waals surface area contributed by atoms with Crippen LogP contribution in [0.25, 0.3) is 0 Å². The summed E-state index contributed by atoms with van der Waals surface area (Å²) >= 11 is 12.1. The van der Waals surface area contributed by atoms with Crippen LogP contribution >= 0.6 is 23.2 Å². The largest absolute Gasteiger partial charge is 0.343 e. The van der Waals surface area contributed by atoms with Crippen LogP contribution in [0.3, 0.4) is 0 Å². The van der Waals surface area contributed by atoms with Gasteiger partial charge in [-0.2, -0.15) is 4.98 Å². The second-order valence-electron chi connectivity index (χ2n) is 7.47. The van der Waals surface area contributed by atoms with Crippen LogP contribution < -0.4 is 5.32 Å². The molecule has 1 amide bonds. The first-order chi connectivity index (χ1) is 9.30. The van der Waals surface area contributed by atoms with E-state index < -0.39 is 15.3 Å². The molecule has 0 saturated heterocycles. The van der Waals surface area contributed by atoms with Gasteiger partial charge >= 0.3 is 0 Å². The highest BCUT2D eigenvalue weighted by Gasteiger charge is 2.68. The molecule has 1 atom stereocenters. The van der Waals surface area contributed by atoms with Crippen molar-refractivity contribution in [2.45, 2.75) is 63.3 Å². The second kappa shape index (κ2) is 4.59. The maximum Gasteiger partial charge on any atom is 0.232 e. The summed E-state index contributed by atoms with van der Waals surface area (Å²) in [6.45, 7) is 11.3. The number of hydrogen-bond acceptors (Lipinski definition) is 4. The molecule has 5 nitrogen and oxygen atoms in total. The van der Waals surface area contributed by atoms with E-state index in [4.69, 9.17) is 27.7 Å². The summed E-state index contributed by atoms with van der Waals surface area (Å²) in [5, 5.41) is 6.88. The summed E-state index contributed by atoms with van der Waals surface area (Å²) < 4.78 is 4.28. The number of amides is 1. The number of carbonyl (C=O) groups excluding carboxylic acids is 1. The lowest BCUT2D eigenvalue weighted by molar-refractivity contribution is -0.127. The van der Waals surface area contributed by atoms with Crippen LogP contribution in [-0.4, -0.2) is 20.4 Å². The minimum atomic E-state index is -0.999. The molecule has 0 bridgehead atoms. The Bertz CT molecular complexity index is 575. The summed E-state index contributed by atoms with van der Waals surface area (Å²) in [4.78, 5) is 16.8. The number of hydrogen-bond donors (Lipinski definition) is 1. The van der Waals surface area contributed by atoms with Crippen LogP contribution in [0.5, 0.6) is 0 Å². The molecule has 1 saturated carbocycles. The number of alkyl halides is 2. The van der Waals surface area contributed by atoms with Gasteiger partial charge in [-0.15, -0.1) is 23.2 Å². The summed E-state index contributed by atoms with van der Waals surface area (Å²) in [7, 11) is 0. The zero-order valence-corrected chi connectivity index (χ0v) is 14.7. The topological polar surface area (TPSA) is 68.0 Å². The maximum absolute atomic E-state index is 12.4. The Morgan fingerprint density at radius 3 is 2.19 bits per heavy atom. The van der Waals surface area contributed by atoms with E-state index in [1.165, 1.54) is 0 Å². The van der Waals surface area contributed by atoms with Crippen molar-refractivity contribution in [3.8, 4) is 0 Å². The van der Waals surface area contributed by atoms with Gasteiger partial charge < -0.3 is 9.84 Å². The van der Waals surface area contributed by atoms with Gasteiger partial charge in [-0.05, 0) is 27.2 Å². The molecule has 1 N–H and O–H groups in total. The van der Waals surface area contributed by atoms with Crippen LogP contribution in [0.1, 0.15) is 59.7 Å². The van der Waals surface area contributed by atoms with Gasteiger partial charge in [0.1, 0.15) is 4.33 Å². The minimum Gasteiger partial charge on any atom is -0.343 e. The van der Waals surface area contributed by atoms with Gasteiger partial charge in [0.25, 0.3) is 0 Å². The highest BCUT2D eigenvalue weighted by Crippen LogP contribution is 2.64. The van der Waals surface area contributed by atoms with Crippen LogP contribution in [0.15, 0.2) is 4.52 Å². The molecule has 1 aliphatic rings. The Balaban J connectivity index is 2.16. The molecule has 1 fully saturated rings. The molecule has 7 heteroatoms. The normalized spacial score (nSPS) is 24.8. The van der Waals surface area contributed by atoms with Crippen molar-refractivity contribution in [3.63, 3.8) is 0 Å². The van der Waals surface area contributed by atoms with Crippen molar-refractivity contribution < 1.29 is 9.32 Å². The zero-order valence-electron chi connectivity index (χ0n) is 13.2. The van der Waals surface area contributed by atoms with Crippen molar-refractivity contribution in [2.24, 2.45) is 5.41 Å². The van der Waals surface area contributed by atoms with Gasteiger partial charge in [0.2, 0.25) is 11.8 Å². The molecule has 1 aliphatic carbocycles. The Morgan fingerprint density at radius 2 is 1.81 bits per heavy atom. The van der Waals surface area contributed by atoms with Crippen LogP contribution in [0.2, 0.25) is 0 Å². The summed E-state index contributed by atoms with van der Waals surface area (Å²) in [6.07, 6.45) is 0.435. The molecule has 1 aromatic rings. The monoisotopic (exact) mass is 333 g/mol. The predicted octanol–water partition coefficient (Wildman–Crippen LogP) is 3.30. The van der Waals surface area contributed by atoms with Gasteiger partial charge in [0.05, 0.1) is 11.0 Å². The Labute approximate surface area is 134 Å². The number of rotatable bonds is 3. The van der Waals surface area contributed by atoms with Crippen molar-refractivity contribution in [1.29, 1.82) is 0 Å². The molecule has 118 valence electrons. The fourth-order valence-corrected chi connectivity index (χ4v) is 2.61. The first-order valence-corrected chi connectivity index (χ1v) is 7.60. The summed E-state index contributed by atoms with van der Waals surface area (Å²) in [5.74, 6) is 0.751. The van der Waals surface area contributed by atoms with Crippen molar-refractivity contribution in [1.82, 2.24) is 15.5 Å². The van der Waals surface area contributed by atoms with Gasteiger partial charge in [-0.1, -0.05) is 25.9 Å². The quantitative estimate of drug-likeness (QED) is 0.861. The standard InChI is InChI=1S/C14H21Cl2N3O2/c1-11(2,3)10-17-8(19-21-10)12(4,5)18-9(20)13(6)7-14(13,15)16/h7H2,1-6H3,(H,18,20)/t13-/m0/s1. The molecular formula is C14H21Cl2N3O2. The first-order valence-electron chi connectivity index (χ1n) is 6.85. The molecule has 1 heterocycles. The third-order valence-electron chi connectivity index (χ3n) is 3.81. The predicted molar refractivity (Wildman–Crippen MR) is 81.3 cm³/mol. The molecule has 2 rings (SSSR count). The van der Waals surface area contributed by atoms with Gasteiger partial charge in [0.15, 0.2) is 5.82 Å². The lowest BCUT2D eigenvalue weighted by Crippen LogP contribution is -2.46. The van der Waals surface area contributed by atoms with E-state index in [2.05, 4.69) is 15.5 Å². The van der Waals surface area contributed by atoms with E-state index in [0.29, 0.717) is 18.1 Å². The van der Waals surface area contributed by atoms with Gasteiger partial charge in [0, 0.05) is 5.41 Å². The van der Waals surface area contributed by atoms with E-state index in [1.807, 2.05) is 34.6 Å². The second-order valence-corrected chi connectivity index (χ2v) is 8.95. The van der Waals surface area contributed by atoms with E-state index >= 15 is 0 Å². The van der Waals surface area contributed by atoms with Crippen molar-refractivity contribution in [3.05, 3.63) is 11.7 Å². The average Bonchev–Trinajstić information content (AvgIpc) is 2.69. The Hall–Kier alpha value is -0.810. The number of halogens is 2. The van der Waals surface area contributed by atoms with Gasteiger partial charge in [-0.3, -0.25) is 4.79 Å². The van der Waals surface area contributed by atoms with E-state index in [1.54, 1.807) is 6.92 Å². The first kappa shape index (κ1) is 16.6. The molecule has 0 aromatic carbocycles. The fourth-order valence-electron chi connectivity index (χ4n) is 1.91. The number of aromatic nitrogens is 2. The lowest BCUT2D eigenvalue weighted by atomic mass is 9.96. The Morgan fingerprint density at radius 1 is 1.29 bits per heavy atom. The van der Waals surface area contributed by atoms with E-state index in [-0.39, 0.29) is 11.3 Å². The molecular weight excluding hydrogens is 313 g/mol. The summed E-state index contributed by atoms with van der Waals surface area (Å²) in [5.41, 5.74) is -1.78. The summed E-state index contributed by atoms with van der Waals surface area (Å²) in [6, 6.07) is 0. The number of carbonyl (C=O) groups is 1. The van der Waals surface area contributed by atoms with Crippen molar-refractivity contribution in [2.75, 3.05) is 0 Å².